The lowest BCUT2D eigenvalue weighted by molar-refractivity contribution is -0.139. The van der Waals surface area contributed by atoms with E-state index < -0.39 is 12.6 Å². The summed E-state index contributed by atoms with van der Waals surface area (Å²) in [6, 6.07) is 13.5. The van der Waals surface area contributed by atoms with Crippen LogP contribution in [0.3, 0.4) is 0 Å². The lowest BCUT2D eigenvalue weighted by Gasteiger charge is -2.15. The van der Waals surface area contributed by atoms with Crippen molar-refractivity contribution in [1.82, 2.24) is 9.78 Å². The van der Waals surface area contributed by atoms with Crippen LogP contribution < -0.4 is 14.8 Å². The smallest absolute Gasteiger partial charge is 0.341 e. The molecule has 34 heavy (non-hydrogen) atoms. The molecule has 0 aliphatic heterocycles. The number of para-hydroxylation sites is 1. The Balaban J connectivity index is 1.92. The van der Waals surface area contributed by atoms with Crippen molar-refractivity contribution in [3.63, 3.8) is 0 Å². The molecule has 2 aromatic carbocycles. The van der Waals surface area contributed by atoms with E-state index in [1.165, 1.54) is 0 Å². The van der Waals surface area contributed by atoms with Gasteiger partial charge in [-0.3, -0.25) is 9.48 Å². The molecule has 9 nitrogen and oxygen atoms in total. The number of ether oxygens (including phenoxy) is 3. The third kappa shape index (κ3) is 7.12. The van der Waals surface area contributed by atoms with Crippen molar-refractivity contribution in [3.05, 3.63) is 71.4 Å². The average molecular weight is 463 g/mol. The van der Waals surface area contributed by atoms with E-state index in [1.54, 1.807) is 73.6 Å². The number of nitrogens with zero attached hydrogens (tertiary/aromatic N) is 2. The first-order valence-corrected chi connectivity index (χ1v) is 10.4. The van der Waals surface area contributed by atoms with Gasteiger partial charge in [0.05, 0.1) is 12.2 Å². The highest BCUT2D eigenvalue weighted by Gasteiger charge is 2.13. The second-order valence-corrected chi connectivity index (χ2v) is 7.39. The fraction of sp³-hybridized carbons (Fsp3) is 0.240. The molecule has 0 spiro atoms. The van der Waals surface area contributed by atoms with Crippen LogP contribution in [-0.4, -0.2) is 53.2 Å². The van der Waals surface area contributed by atoms with Crippen LogP contribution in [-0.2, 0) is 16.6 Å². The van der Waals surface area contributed by atoms with E-state index in [0.29, 0.717) is 40.6 Å². The number of aromatic nitrogens is 2. The van der Waals surface area contributed by atoms with Gasteiger partial charge >= 0.3 is 5.97 Å². The molecule has 1 amide bonds. The molecule has 9 heteroatoms. The van der Waals surface area contributed by atoms with Crippen molar-refractivity contribution in [1.29, 1.82) is 0 Å². The normalized spacial score (nSPS) is 11.1. The zero-order valence-electron chi connectivity index (χ0n) is 19.1. The van der Waals surface area contributed by atoms with Crippen molar-refractivity contribution in [2.75, 3.05) is 25.6 Å². The zero-order valence-corrected chi connectivity index (χ0v) is 19.1. The summed E-state index contributed by atoms with van der Waals surface area (Å²) in [4.78, 5) is 23.7. The highest BCUT2D eigenvalue weighted by molar-refractivity contribution is 6.04. The Labute approximate surface area is 197 Å². The topological polar surface area (TPSA) is 112 Å². The second kappa shape index (κ2) is 11.5. The Morgan fingerprint density at radius 3 is 2.68 bits per heavy atom. The highest BCUT2D eigenvalue weighted by atomic mass is 16.5. The van der Waals surface area contributed by atoms with Crippen molar-refractivity contribution in [3.8, 4) is 23.3 Å². The summed E-state index contributed by atoms with van der Waals surface area (Å²) in [6.07, 6.45) is 1.48. The second-order valence-electron chi connectivity index (χ2n) is 7.39. The number of methoxy groups -OCH3 is 1. The van der Waals surface area contributed by atoms with E-state index >= 15 is 0 Å². The number of hydrogen-bond acceptors (Lipinski definition) is 6. The molecule has 0 saturated carbocycles. The maximum Gasteiger partial charge on any atom is 0.341 e. The molecule has 1 aromatic heterocycles. The molecular weight excluding hydrogens is 438 g/mol. The molecule has 0 radical (unpaired) electrons. The van der Waals surface area contributed by atoms with E-state index in [0.717, 1.165) is 0 Å². The molecule has 176 valence electrons. The SMILES string of the molecule is COC[C@H](C)Oc1cc(C#Cc2ccccc2OCC(=O)O)cc(C(=O)Nc2ccn(C)n2)c1. The van der Waals surface area contributed by atoms with E-state index in [9.17, 15) is 9.59 Å². The first kappa shape index (κ1) is 24.4. The summed E-state index contributed by atoms with van der Waals surface area (Å²) < 4.78 is 17.9. The molecular formula is C25H25N3O6. The van der Waals surface area contributed by atoms with Crippen LogP contribution in [0.25, 0.3) is 0 Å². The fourth-order valence-corrected chi connectivity index (χ4v) is 3.02. The van der Waals surface area contributed by atoms with Gasteiger partial charge in [0.25, 0.3) is 5.91 Å². The molecule has 0 saturated heterocycles. The molecule has 0 aliphatic carbocycles. The first-order valence-electron chi connectivity index (χ1n) is 10.4. The third-order valence-electron chi connectivity index (χ3n) is 4.44. The molecule has 1 atom stereocenters. The molecule has 0 bridgehead atoms. The summed E-state index contributed by atoms with van der Waals surface area (Å²) in [6.45, 7) is 1.75. The average Bonchev–Trinajstić information content (AvgIpc) is 3.21. The van der Waals surface area contributed by atoms with Crippen LogP contribution >= 0.6 is 0 Å². The number of anilines is 1. The molecule has 0 aliphatic rings. The summed E-state index contributed by atoms with van der Waals surface area (Å²) in [5, 5.41) is 15.8. The van der Waals surface area contributed by atoms with Crippen molar-refractivity contribution in [2.45, 2.75) is 13.0 Å². The Bertz CT molecular complexity index is 1220. The van der Waals surface area contributed by atoms with Crippen molar-refractivity contribution < 1.29 is 28.9 Å². The van der Waals surface area contributed by atoms with Crippen LogP contribution in [0.4, 0.5) is 5.82 Å². The van der Waals surface area contributed by atoms with Gasteiger partial charge in [-0.05, 0) is 37.3 Å². The van der Waals surface area contributed by atoms with E-state index in [2.05, 4.69) is 22.3 Å². The number of carboxylic acids is 1. The van der Waals surface area contributed by atoms with Gasteiger partial charge in [0.15, 0.2) is 12.4 Å². The lowest BCUT2D eigenvalue weighted by atomic mass is 10.1. The largest absolute Gasteiger partial charge is 0.488 e. The van der Waals surface area contributed by atoms with Gasteiger partial charge in [-0.1, -0.05) is 24.0 Å². The van der Waals surface area contributed by atoms with E-state index in [-0.39, 0.29) is 12.0 Å². The monoisotopic (exact) mass is 463 g/mol. The van der Waals surface area contributed by atoms with Gasteiger partial charge in [-0.15, -0.1) is 0 Å². The number of nitrogens with one attached hydrogen (secondary N) is 1. The van der Waals surface area contributed by atoms with Gasteiger partial charge in [0, 0.05) is 37.5 Å². The maximum absolute atomic E-state index is 12.9. The third-order valence-corrected chi connectivity index (χ3v) is 4.44. The number of carbonyl (C=O) groups excluding carboxylic acids is 1. The summed E-state index contributed by atoms with van der Waals surface area (Å²) in [5.74, 6) is 5.78. The first-order chi connectivity index (χ1) is 16.3. The molecule has 2 N–H and O–H groups in total. The Hall–Kier alpha value is -4.29. The number of aryl methyl sites for hydroxylation is 1. The lowest BCUT2D eigenvalue weighted by Crippen LogP contribution is -2.19. The highest BCUT2D eigenvalue weighted by Crippen LogP contribution is 2.21. The molecule has 3 rings (SSSR count). The van der Waals surface area contributed by atoms with E-state index in [1.807, 2.05) is 6.92 Å². The molecule has 0 unspecified atom stereocenters. The van der Waals surface area contributed by atoms with Gasteiger partial charge in [0.2, 0.25) is 0 Å². The number of rotatable bonds is 9. The predicted molar refractivity (Wildman–Crippen MR) is 125 cm³/mol. The van der Waals surface area contributed by atoms with Crippen LogP contribution in [0, 0.1) is 11.8 Å². The zero-order chi connectivity index (χ0) is 24.5. The number of aliphatic carboxylic acids is 1. The van der Waals surface area contributed by atoms with Crippen LogP contribution in [0.15, 0.2) is 54.7 Å². The number of carboxylic acid groups (broad SMARTS) is 1. The standard InChI is InChI=1S/C25H25N3O6/c1-17(15-32-3)34-21-13-18(8-9-19-6-4-5-7-22(19)33-16-24(29)30)12-20(14-21)25(31)26-23-10-11-28(2)27-23/h4-7,10-14,17H,15-16H2,1-3H3,(H,29,30)(H,26,27,31)/t17-/m0/s1. The minimum atomic E-state index is -1.08. The van der Waals surface area contributed by atoms with Gasteiger partial charge in [0.1, 0.15) is 17.6 Å². The number of amides is 1. The molecule has 3 aromatic rings. The molecule has 1 heterocycles. The van der Waals surface area contributed by atoms with Crippen molar-refractivity contribution >= 4 is 17.7 Å². The van der Waals surface area contributed by atoms with Gasteiger partial charge in [-0.2, -0.15) is 5.10 Å². The fourth-order valence-electron chi connectivity index (χ4n) is 3.02. The van der Waals surface area contributed by atoms with Gasteiger partial charge < -0.3 is 24.6 Å². The van der Waals surface area contributed by atoms with Crippen LogP contribution in [0.1, 0.15) is 28.4 Å². The minimum Gasteiger partial charge on any atom is -0.488 e. The summed E-state index contributed by atoms with van der Waals surface area (Å²) in [7, 11) is 3.34. The van der Waals surface area contributed by atoms with Crippen LogP contribution in [0.2, 0.25) is 0 Å². The summed E-state index contributed by atoms with van der Waals surface area (Å²) >= 11 is 0. The number of benzene rings is 2. The number of hydrogen-bond donors (Lipinski definition) is 2. The predicted octanol–water partition coefficient (Wildman–Crippen LogP) is 2.95. The molecule has 0 fully saturated rings. The maximum atomic E-state index is 12.9. The van der Waals surface area contributed by atoms with Gasteiger partial charge in [-0.25, -0.2) is 4.79 Å². The Morgan fingerprint density at radius 2 is 1.97 bits per heavy atom. The summed E-state index contributed by atoms with van der Waals surface area (Å²) in [5.41, 5.74) is 1.39. The Kier molecular flexibility index (Phi) is 8.26. The number of carbonyl (C=O) groups is 2. The quantitative estimate of drug-likeness (QED) is 0.469. The Morgan fingerprint density at radius 1 is 1.18 bits per heavy atom. The van der Waals surface area contributed by atoms with Crippen molar-refractivity contribution in [2.24, 2.45) is 7.05 Å². The van der Waals surface area contributed by atoms with Crippen LogP contribution in [0.5, 0.6) is 11.5 Å². The minimum absolute atomic E-state index is 0.245. The van der Waals surface area contributed by atoms with E-state index in [4.69, 9.17) is 19.3 Å².